The van der Waals surface area contributed by atoms with E-state index in [0.29, 0.717) is 15.7 Å². The monoisotopic (exact) mass is 361 g/mol. The van der Waals surface area contributed by atoms with Gasteiger partial charge >= 0.3 is 0 Å². The number of sulfonamides is 1. The van der Waals surface area contributed by atoms with Gasteiger partial charge in [-0.15, -0.1) is 0 Å². The number of benzene rings is 1. The van der Waals surface area contributed by atoms with Gasteiger partial charge in [-0.3, -0.25) is 14.9 Å². The first-order valence-electron chi connectivity index (χ1n) is 5.60. The molecule has 3 N–H and O–H groups in total. The highest BCUT2D eigenvalue weighted by molar-refractivity contribution is 9.10. The number of rotatable bonds is 2. The van der Waals surface area contributed by atoms with E-state index >= 15 is 0 Å². The Bertz CT molecular complexity index is 686. The Labute approximate surface area is 124 Å². The van der Waals surface area contributed by atoms with Crippen molar-refractivity contribution in [2.45, 2.75) is 11.8 Å². The van der Waals surface area contributed by atoms with Crippen LogP contribution in [0.3, 0.4) is 0 Å². The molecule has 1 heterocycles. The van der Waals surface area contributed by atoms with E-state index in [4.69, 9.17) is 5.73 Å². The van der Waals surface area contributed by atoms with Gasteiger partial charge in [-0.05, 0) is 24.6 Å². The molecular formula is C11H12BrN3O4S. The fraction of sp³-hybridized carbons (Fsp3) is 0.273. The van der Waals surface area contributed by atoms with Crippen molar-refractivity contribution < 1.29 is 18.0 Å². The molecular weight excluding hydrogens is 350 g/mol. The number of nitrogens with two attached hydrogens (primary N) is 1. The Kier molecular flexibility index (Phi) is 3.85. The van der Waals surface area contributed by atoms with Gasteiger partial charge in [0.25, 0.3) is 0 Å². The minimum absolute atomic E-state index is 0.0214. The Balaban J connectivity index is 2.50. The smallest absolute Gasteiger partial charge is 0.244 e. The van der Waals surface area contributed by atoms with Crippen LogP contribution in [0.1, 0.15) is 5.56 Å². The van der Waals surface area contributed by atoms with Crippen LogP contribution in [0.4, 0.5) is 5.69 Å². The number of hydrogen-bond donors (Lipinski definition) is 2. The minimum Gasteiger partial charge on any atom is -0.398 e. The second-order valence-electron chi connectivity index (χ2n) is 4.36. The van der Waals surface area contributed by atoms with Gasteiger partial charge < -0.3 is 5.73 Å². The average Bonchev–Trinajstić information content (AvgIpc) is 2.32. The SMILES string of the molecule is Cc1c(N)cc(Br)cc1S(=O)(=O)N1CC(=O)NC(=O)C1. The van der Waals surface area contributed by atoms with Crippen molar-refractivity contribution in [1.29, 1.82) is 0 Å². The standard InChI is InChI=1S/C11H12BrN3O4S/c1-6-8(13)2-7(12)3-9(6)20(18,19)15-4-10(16)14-11(17)5-15/h2-3H,4-5,13H2,1H3,(H,14,16,17). The third kappa shape index (κ3) is 2.69. The van der Waals surface area contributed by atoms with E-state index in [-0.39, 0.29) is 18.0 Å². The number of hydrogen-bond acceptors (Lipinski definition) is 5. The lowest BCUT2D eigenvalue weighted by Gasteiger charge is -2.25. The fourth-order valence-corrected chi connectivity index (χ4v) is 4.12. The maximum atomic E-state index is 12.5. The van der Waals surface area contributed by atoms with Crippen LogP contribution in [-0.2, 0) is 19.6 Å². The van der Waals surface area contributed by atoms with Gasteiger partial charge in [-0.1, -0.05) is 15.9 Å². The molecule has 0 unspecified atom stereocenters. The molecule has 0 radical (unpaired) electrons. The molecule has 1 aromatic carbocycles. The van der Waals surface area contributed by atoms with Crippen LogP contribution in [0.2, 0.25) is 0 Å². The lowest BCUT2D eigenvalue weighted by atomic mass is 10.2. The second-order valence-corrected chi connectivity index (χ2v) is 7.18. The van der Waals surface area contributed by atoms with Crippen LogP contribution in [0.25, 0.3) is 0 Å². The van der Waals surface area contributed by atoms with Crippen molar-refractivity contribution in [3.63, 3.8) is 0 Å². The summed E-state index contributed by atoms with van der Waals surface area (Å²) in [5.41, 5.74) is 6.44. The molecule has 1 fully saturated rings. The number of nitrogen functional groups attached to an aromatic ring is 1. The van der Waals surface area contributed by atoms with Gasteiger partial charge in [0.2, 0.25) is 21.8 Å². The first-order chi connectivity index (χ1) is 9.21. The molecule has 2 rings (SSSR count). The molecule has 1 aromatic rings. The predicted octanol–water partition coefficient (Wildman–Crippen LogP) is -0.0132. The molecule has 0 aliphatic carbocycles. The molecule has 7 nitrogen and oxygen atoms in total. The number of nitrogens with zero attached hydrogens (tertiary/aromatic N) is 1. The summed E-state index contributed by atoms with van der Waals surface area (Å²) in [6.45, 7) is 0.792. The summed E-state index contributed by atoms with van der Waals surface area (Å²) in [7, 11) is -3.96. The minimum atomic E-state index is -3.96. The van der Waals surface area contributed by atoms with E-state index in [1.54, 1.807) is 13.0 Å². The molecule has 108 valence electrons. The topological polar surface area (TPSA) is 110 Å². The van der Waals surface area contributed by atoms with Gasteiger partial charge in [0.05, 0.1) is 18.0 Å². The summed E-state index contributed by atoms with van der Waals surface area (Å²) in [4.78, 5) is 22.6. The molecule has 0 atom stereocenters. The zero-order valence-electron chi connectivity index (χ0n) is 10.5. The van der Waals surface area contributed by atoms with Gasteiger partial charge in [0.1, 0.15) is 0 Å². The number of halogens is 1. The van der Waals surface area contributed by atoms with Crippen molar-refractivity contribution in [2.75, 3.05) is 18.8 Å². The number of carbonyl (C=O) groups excluding carboxylic acids is 2. The summed E-state index contributed by atoms with van der Waals surface area (Å²) < 4.78 is 26.4. The zero-order valence-corrected chi connectivity index (χ0v) is 12.9. The van der Waals surface area contributed by atoms with E-state index in [1.165, 1.54) is 6.07 Å². The van der Waals surface area contributed by atoms with E-state index in [1.807, 2.05) is 0 Å². The summed E-state index contributed by atoms with van der Waals surface area (Å²) in [6, 6.07) is 2.99. The largest absolute Gasteiger partial charge is 0.398 e. The van der Waals surface area contributed by atoms with Gasteiger partial charge in [-0.25, -0.2) is 8.42 Å². The molecule has 1 saturated heterocycles. The third-order valence-electron chi connectivity index (χ3n) is 2.90. The maximum Gasteiger partial charge on any atom is 0.244 e. The number of carbonyl (C=O) groups is 2. The van der Waals surface area contributed by atoms with E-state index in [0.717, 1.165) is 4.31 Å². The van der Waals surface area contributed by atoms with E-state index in [2.05, 4.69) is 21.2 Å². The highest BCUT2D eigenvalue weighted by Crippen LogP contribution is 2.28. The highest BCUT2D eigenvalue weighted by Gasteiger charge is 2.34. The Morgan fingerprint density at radius 3 is 2.35 bits per heavy atom. The van der Waals surface area contributed by atoms with Crippen molar-refractivity contribution in [1.82, 2.24) is 9.62 Å². The summed E-state index contributed by atoms with van der Waals surface area (Å²) in [5, 5.41) is 2.05. The van der Waals surface area contributed by atoms with Crippen molar-refractivity contribution in [3.05, 3.63) is 22.2 Å². The Hall–Kier alpha value is -1.45. The number of amides is 2. The number of nitrogens with one attached hydrogen (secondary N) is 1. The highest BCUT2D eigenvalue weighted by atomic mass is 79.9. The first-order valence-corrected chi connectivity index (χ1v) is 7.83. The molecule has 0 bridgehead atoms. The molecule has 2 amide bonds. The van der Waals surface area contributed by atoms with Crippen molar-refractivity contribution >= 4 is 43.5 Å². The first kappa shape index (κ1) is 14.9. The molecule has 9 heteroatoms. The third-order valence-corrected chi connectivity index (χ3v) is 5.28. The fourth-order valence-electron chi connectivity index (χ4n) is 1.86. The number of imide groups is 1. The van der Waals surface area contributed by atoms with Gasteiger partial charge in [0.15, 0.2) is 0 Å². The zero-order chi connectivity index (χ0) is 15.1. The van der Waals surface area contributed by atoms with Crippen LogP contribution in [0.15, 0.2) is 21.5 Å². The molecule has 1 aliphatic heterocycles. The molecule has 1 aliphatic rings. The number of anilines is 1. The summed E-state index contributed by atoms with van der Waals surface area (Å²) in [6.07, 6.45) is 0. The van der Waals surface area contributed by atoms with Crippen LogP contribution >= 0.6 is 15.9 Å². The maximum absolute atomic E-state index is 12.5. The van der Waals surface area contributed by atoms with Gasteiger partial charge in [-0.2, -0.15) is 4.31 Å². The quantitative estimate of drug-likeness (QED) is 0.568. The lowest BCUT2D eigenvalue weighted by Crippen LogP contribution is -2.53. The van der Waals surface area contributed by atoms with Crippen LogP contribution in [0, 0.1) is 6.92 Å². The molecule has 0 saturated carbocycles. The molecule has 20 heavy (non-hydrogen) atoms. The molecule has 0 aromatic heterocycles. The van der Waals surface area contributed by atoms with Gasteiger partial charge in [0, 0.05) is 10.2 Å². The van der Waals surface area contributed by atoms with Crippen LogP contribution in [0.5, 0.6) is 0 Å². The van der Waals surface area contributed by atoms with Crippen molar-refractivity contribution in [3.8, 4) is 0 Å². The summed E-state index contributed by atoms with van der Waals surface area (Å²) >= 11 is 3.18. The second kappa shape index (κ2) is 5.15. The lowest BCUT2D eigenvalue weighted by molar-refractivity contribution is -0.134. The predicted molar refractivity (Wildman–Crippen MR) is 75.2 cm³/mol. The Morgan fingerprint density at radius 1 is 1.25 bits per heavy atom. The van der Waals surface area contributed by atoms with E-state index < -0.39 is 21.8 Å². The molecule has 0 spiro atoms. The number of piperazine rings is 1. The van der Waals surface area contributed by atoms with E-state index in [9.17, 15) is 18.0 Å². The van der Waals surface area contributed by atoms with Crippen LogP contribution < -0.4 is 11.1 Å². The summed E-state index contributed by atoms with van der Waals surface area (Å²) in [5.74, 6) is -1.30. The van der Waals surface area contributed by atoms with Crippen molar-refractivity contribution in [2.24, 2.45) is 0 Å². The average molecular weight is 362 g/mol. The normalized spacial score (nSPS) is 17.1. The van der Waals surface area contributed by atoms with Crippen LogP contribution in [-0.4, -0.2) is 37.6 Å². The Morgan fingerprint density at radius 2 is 1.80 bits per heavy atom.